The molecule has 0 heterocycles. The first-order valence-electron chi connectivity index (χ1n) is 11.6. The van der Waals surface area contributed by atoms with Gasteiger partial charge in [-0.15, -0.1) is 0 Å². The Morgan fingerprint density at radius 1 is 0.707 bits per heavy atom. The first-order valence-corrected chi connectivity index (χ1v) is 11.6. The second-order valence-corrected chi connectivity index (χ2v) is 6.03. The summed E-state index contributed by atoms with van der Waals surface area (Å²) in [5.41, 5.74) is 0.882. The Kier molecular flexibility index (Phi) is 38.0. The Bertz CT molecular complexity index is 919. The van der Waals surface area contributed by atoms with Gasteiger partial charge in [-0.3, -0.25) is 14.4 Å². The van der Waals surface area contributed by atoms with Crippen LogP contribution in [0, 0.1) is 0 Å². The number of alkyl halides is 6. The molecule has 0 N–H and O–H groups in total. The summed E-state index contributed by atoms with van der Waals surface area (Å²) in [5, 5.41) is 8.25. The van der Waals surface area contributed by atoms with Gasteiger partial charge in [-0.2, -0.15) is 33.5 Å². The minimum absolute atomic E-state index is 0. The second kappa shape index (κ2) is 30.4. The topological polar surface area (TPSA) is 101 Å². The van der Waals surface area contributed by atoms with Gasteiger partial charge in [-0.1, -0.05) is 95.8 Å². The molecule has 0 saturated carbocycles. The van der Waals surface area contributed by atoms with Crippen LogP contribution in [0.2, 0.25) is 0 Å². The first-order chi connectivity index (χ1) is 18.2. The summed E-state index contributed by atoms with van der Waals surface area (Å²) in [5.74, 6) is -4.85. The monoisotopic (exact) mass is 608 g/mol. The van der Waals surface area contributed by atoms with E-state index in [9.17, 15) is 45.5 Å². The van der Waals surface area contributed by atoms with Crippen molar-refractivity contribution in [1.29, 1.82) is 0 Å². The molecule has 0 atom stereocenters. The Morgan fingerprint density at radius 3 is 1.27 bits per heavy atom. The smallest absolute Gasteiger partial charge is 0.857 e. The van der Waals surface area contributed by atoms with Crippen molar-refractivity contribution in [2.24, 2.45) is 0 Å². The van der Waals surface area contributed by atoms with E-state index in [2.05, 4.69) is 4.74 Å². The van der Waals surface area contributed by atoms with Crippen LogP contribution in [0.1, 0.15) is 76.1 Å². The average molecular weight is 609 g/mol. The van der Waals surface area contributed by atoms with E-state index in [-0.39, 0.29) is 54.9 Å². The third-order valence-electron chi connectivity index (χ3n) is 3.42. The fourth-order valence-electron chi connectivity index (χ4n) is 1.86. The molecule has 230 valence electrons. The van der Waals surface area contributed by atoms with E-state index in [1.54, 1.807) is 13.0 Å². The van der Waals surface area contributed by atoms with Crippen LogP contribution in [0.15, 0.2) is 60.7 Å². The molecule has 0 fully saturated rings. The maximum absolute atomic E-state index is 11.8. The van der Waals surface area contributed by atoms with Crippen molar-refractivity contribution >= 4 is 23.3 Å². The van der Waals surface area contributed by atoms with Gasteiger partial charge in [-0.05, 0) is 13.8 Å². The van der Waals surface area contributed by atoms with Gasteiger partial charge in [0.15, 0.2) is 11.6 Å². The molecule has 0 aliphatic heterocycles. The first kappa shape index (κ1) is 51.2. The number of benzene rings is 2. The molecule has 0 aliphatic rings. The molecule has 0 bridgehead atoms. The van der Waals surface area contributed by atoms with Gasteiger partial charge in [0.05, 0.1) is 13.0 Å². The van der Waals surface area contributed by atoms with Crippen LogP contribution in [0.25, 0.3) is 0 Å². The number of esters is 1. The molecule has 2 aromatic carbocycles. The number of hydrogen-bond acceptors (Lipinski definition) is 6. The fourth-order valence-corrected chi connectivity index (χ4v) is 1.86. The third kappa shape index (κ3) is 28.8. The van der Waals surface area contributed by atoms with Gasteiger partial charge in [0.1, 0.15) is 0 Å². The molecule has 2 aromatic rings. The second-order valence-electron chi connectivity index (χ2n) is 6.03. The zero-order valence-electron chi connectivity index (χ0n) is 23.9. The van der Waals surface area contributed by atoms with Gasteiger partial charge in [0.2, 0.25) is 5.78 Å². The number of halogens is 6. The zero-order chi connectivity index (χ0) is 31.7. The number of Topliss-reactive ketones (excluding diaryl/α,β-unsaturated/α-hetero) is 3. The molecule has 0 saturated heterocycles. The van der Waals surface area contributed by atoms with Crippen molar-refractivity contribution in [3.05, 3.63) is 71.8 Å². The summed E-state index contributed by atoms with van der Waals surface area (Å²) >= 11 is 0. The molecule has 0 spiro atoms. The fraction of sp³-hybridized carbons (Fsp3) is 0.429. The van der Waals surface area contributed by atoms with Crippen LogP contribution in [-0.4, -0.2) is 49.4 Å². The van der Waals surface area contributed by atoms with Gasteiger partial charge >= 0.3 is 47.9 Å². The standard InChI is InChI=1S/C10H7F3O2.C8H8O.C4H5F3O2.2C2H6.CH3O.CH4.Na/c11-10(12,13)9(15)6-8(14)7-4-2-1-3-5-7;1-7(9)8-5-3-2-4-6-8;1-2-9-3(8)4(5,6)7;3*1-2;;/h1-5H,6H2;2-6H,1H3;2H2,1H3;2*1-2H3;1H3;1H4;/q;;;;;-1;;+1. The summed E-state index contributed by atoms with van der Waals surface area (Å²) in [7, 11) is 0.750. The number of carbonyl (C=O) groups excluding carboxylic acids is 4. The van der Waals surface area contributed by atoms with Crippen molar-refractivity contribution in [3.63, 3.8) is 0 Å². The van der Waals surface area contributed by atoms with Gasteiger partial charge in [0, 0.05) is 11.1 Å². The van der Waals surface area contributed by atoms with Gasteiger partial charge in [0.25, 0.3) is 0 Å². The minimum atomic E-state index is -4.94. The van der Waals surface area contributed by atoms with E-state index in [0.717, 1.165) is 12.7 Å². The molecule has 6 nitrogen and oxygen atoms in total. The number of hydrogen-bond donors (Lipinski definition) is 0. The van der Waals surface area contributed by atoms with Crippen molar-refractivity contribution in [2.45, 2.75) is 67.7 Å². The summed E-state index contributed by atoms with van der Waals surface area (Å²) in [6, 6.07) is 16.6. The molecule has 0 aromatic heterocycles. The van der Waals surface area contributed by atoms with Crippen LogP contribution < -0.4 is 34.7 Å². The quantitative estimate of drug-likeness (QED) is 0.167. The van der Waals surface area contributed by atoms with Crippen LogP contribution >= 0.6 is 0 Å². The number of rotatable bonds is 5. The van der Waals surface area contributed by atoms with E-state index in [1.165, 1.54) is 31.2 Å². The molecule has 2 rings (SSSR count). The summed E-state index contributed by atoms with van der Waals surface area (Å²) in [6.07, 6.45) is -10.9. The molecule has 41 heavy (non-hydrogen) atoms. The summed E-state index contributed by atoms with van der Waals surface area (Å²) < 4.78 is 72.6. The minimum Gasteiger partial charge on any atom is -0.857 e. The normalized spacial score (nSPS) is 8.93. The van der Waals surface area contributed by atoms with E-state index >= 15 is 0 Å². The maximum atomic E-state index is 11.8. The SMILES string of the molecule is C.CC.CC.CC(=O)c1ccccc1.CCOC(=O)C(F)(F)F.C[O-].O=C(CC(=O)C(F)(F)F)c1ccccc1.[Na+]. The van der Waals surface area contributed by atoms with Crippen molar-refractivity contribution in [3.8, 4) is 0 Å². The van der Waals surface area contributed by atoms with Crippen LogP contribution in [0.4, 0.5) is 26.3 Å². The number of ether oxygens (including phenoxy) is 1. The number of carbonyl (C=O) groups is 4. The molecule has 0 unspecified atom stereocenters. The van der Waals surface area contributed by atoms with Crippen LogP contribution in [0.3, 0.4) is 0 Å². The van der Waals surface area contributed by atoms with E-state index < -0.39 is 36.3 Å². The van der Waals surface area contributed by atoms with Gasteiger partial charge in [-0.25, -0.2) is 4.79 Å². The maximum Gasteiger partial charge on any atom is 1.00 e. The van der Waals surface area contributed by atoms with E-state index in [1.807, 2.05) is 58.0 Å². The predicted molar refractivity (Wildman–Crippen MR) is 141 cm³/mol. The van der Waals surface area contributed by atoms with Crippen LogP contribution in [0.5, 0.6) is 0 Å². The Morgan fingerprint density at radius 2 is 1.05 bits per heavy atom. The molecular formula is C28H39F6NaO6. The van der Waals surface area contributed by atoms with Crippen molar-refractivity contribution in [2.75, 3.05) is 13.7 Å². The van der Waals surface area contributed by atoms with E-state index in [4.69, 9.17) is 5.11 Å². The summed E-state index contributed by atoms with van der Waals surface area (Å²) in [4.78, 5) is 42.0. The third-order valence-corrected chi connectivity index (χ3v) is 3.42. The predicted octanol–water partition coefficient (Wildman–Crippen LogP) is 4.06. The summed E-state index contributed by atoms with van der Waals surface area (Å²) in [6.45, 7) is 10.6. The Labute approximate surface area is 260 Å². The number of ketones is 3. The zero-order valence-corrected chi connectivity index (χ0v) is 25.9. The Balaban J connectivity index is -0.000000104. The molecule has 0 radical (unpaired) electrons. The molecule has 13 heteroatoms. The molecule has 0 amide bonds. The van der Waals surface area contributed by atoms with Crippen molar-refractivity contribution < 1.29 is 84.9 Å². The molecule has 0 aliphatic carbocycles. The van der Waals surface area contributed by atoms with Crippen LogP contribution in [-0.2, 0) is 14.3 Å². The molecular weight excluding hydrogens is 569 g/mol. The Hall–Kier alpha value is -2.54. The average Bonchev–Trinajstić information content (AvgIpc) is 2.93. The largest absolute Gasteiger partial charge is 1.00 e. The van der Waals surface area contributed by atoms with Crippen molar-refractivity contribution in [1.82, 2.24) is 0 Å². The van der Waals surface area contributed by atoms with E-state index in [0.29, 0.717) is 0 Å². The van der Waals surface area contributed by atoms with Gasteiger partial charge < -0.3 is 9.84 Å².